The Balaban J connectivity index is 2.05. The minimum absolute atomic E-state index is 0.314. The average molecular weight is 253 g/mol. The first-order valence-corrected chi connectivity index (χ1v) is 7.71. The SMILES string of the molecule is CC(C)C1CCCC(CN)(N2CCN(C)CC2)C1. The minimum atomic E-state index is 0.314. The molecular formula is C15H31N3. The van der Waals surface area contributed by atoms with Gasteiger partial charge in [0.2, 0.25) is 0 Å². The van der Waals surface area contributed by atoms with Gasteiger partial charge in [0.15, 0.2) is 0 Å². The molecule has 2 unspecified atom stereocenters. The van der Waals surface area contributed by atoms with Gasteiger partial charge in [0, 0.05) is 38.3 Å². The fourth-order valence-electron chi connectivity index (χ4n) is 3.84. The summed E-state index contributed by atoms with van der Waals surface area (Å²) in [6, 6.07) is 0. The van der Waals surface area contributed by atoms with Crippen molar-refractivity contribution in [3.63, 3.8) is 0 Å². The number of piperazine rings is 1. The van der Waals surface area contributed by atoms with Gasteiger partial charge in [0.05, 0.1) is 0 Å². The number of hydrogen-bond acceptors (Lipinski definition) is 3. The molecule has 0 radical (unpaired) electrons. The number of rotatable bonds is 3. The molecule has 3 nitrogen and oxygen atoms in total. The summed E-state index contributed by atoms with van der Waals surface area (Å²) in [6.07, 6.45) is 5.42. The molecule has 18 heavy (non-hydrogen) atoms. The van der Waals surface area contributed by atoms with E-state index < -0.39 is 0 Å². The van der Waals surface area contributed by atoms with Crippen molar-refractivity contribution in [3.8, 4) is 0 Å². The molecular weight excluding hydrogens is 222 g/mol. The van der Waals surface area contributed by atoms with Gasteiger partial charge in [-0.15, -0.1) is 0 Å². The zero-order valence-electron chi connectivity index (χ0n) is 12.5. The molecule has 106 valence electrons. The van der Waals surface area contributed by atoms with Crippen LogP contribution in [0, 0.1) is 11.8 Å². The van der Waals surface area contributed by atoms with Crippen LogP contribution in [0.4, 0.5) is 0 Å². The van der Waals surface area contributed by atoms with Crippen LogP contribution < -0.4 is 5.73 Å². The van der Waals surface area contributed by atoms with Crippen molar-refractivity contribution in [2.45, 2.75) is 45.1 Å². The number of hydrogen-bond donors (Lipinski definition) is 1. The van der Waals surface area contributed by atoms with Crippen molar-refractivity contribution in [3.05, 3.63) is 0 Å². The third-order valence-corrected chi connectivity index (χ3v) is 5.36. The Morgan fingerprint density at radius 2 is 1.89 bits per heavy atom. The van der Waals surface area contributed by atoms with Gasteiger partial charge >= 0.3 is 0 Å². The first kappa shape index (κ1) is 14.3. The van der Waals surface area contributed by atoms with E-state index in [1.807, 2.05) is 0 Å². The van der Waals surface area contributed by atoms with Crippen LogP contribution in [0.1, 0.15) is 39.5 Å². The van der Waals surface area contributed by atoms with Gasteiger partial charge in [-0.3, -0.25) is 4.90 Å². The Labute approximate surface area is 113 Å². The van der Waals surface area contributed by atoms with Crippen LogP contribution in [-0.4, -0.2) is 55.1 Å². The Kier molecular flexibility index (Phi) is 4.68. The predicted molar refractivity (Wildman–Crippen MR) is 77.7 cm³/mol. The topological polar surface area (TPSA) is 32.5 Å². The predicted octanol–water partition coefficient (Wildman–Crippen LogP) is 1.78. The van der Waals surface area contributed by atoms with E-state index in [1.165, 1.54) is 51.9 Å². The Morgan fingerprint density at radius 3 is 2.44 bits per heavy atom. The highest BCUT2D eigenvalue weighted by molar-refractivity contribution is 4.98. The van der Waals surface area contributed by atoms with E-state index in [-0.39, 0.29) is 0 Å². The van der Waals surface area contributed by atoms with Crippen molar-refractivity contribution in [2.24, 2.45) is 17.6 Å². The van der Waals surface area contributed by atoms with E-state index >= 15 is 0 Å². The van der Waals surface area contributed by atoms with E-state index in [2.05, 4.69) is 30.7 Å². The maximum Gasteiger partial charge on any atom is 0.0335 e. The number of likely N-dealkylation sites (N-methyl/N-ethyl adjacent to an activating group) is 1. The summed E-state index contributed by atoms with van der Waals surface area (Å²) in [4.78, 5) is 5.14. The molecule has 0 spiro atoms. The van der Waals surface area contributed by atoms with Crippen molar-refractivity contribution in [2.75, 3.05) is 39.8 Å². The summed E-state index contributed by atoms with van der Waals surface area (Å²) in [5.74, 6) is 1.69. The van der Waals surface area contributed by atoms with Crippen molar-refractivity contribution in [1.29, 1.82) is 0 Å². The molecule has 0 aromatic heterocycles. The lowest BCUT2D eigenvalue weighted by atomic mass is 9.70. The summed E-state index contributed by atoms with van der Waals surface area (Å²) in [6.45, 7) is 10.4. The lowest BCUT2D eigenvalue weighted by Crippen LogP contribution is -2.61. The van der Waals surface area contributed by atoms with Gasteiger partial charge in [-0.25, -0.2) is 0 Å². The van der Waals surface area contributed by atoms with Crippen molar-refractivity contribution < 1.29 is 0 Å². The van der Waals surface area contributed by atoms with Gasteiger partial charge in [0.25, 0.3) is 0 Å². The third-order valence-electron chi connectivity index (χ3n) is 5.36. The third kappa shape index (κ3) is 2.89. The maximum absolute atomic E-state index is 6.21. The molecule has 0 amide bonds. The van der Waals surface area contributed by atoms with Gasteiger partial charge in [-0.1, -0.05) is 26.7 Å². The molecule has 1 aliphatic carbocycles. The highest BCUT2D eigenvalue weighted by Gasteiger charge is 2.41. The van der Waals surface area contributed by atoms with Crippen LogP contribution >= 0.6 is 0 Å². The molecule has 1 saturated heterocycles. The van der Waals surface area contributed by atoms with Crippen LogP contribution in [0.2, 0.25) is 0 Å². The first-order valence-electron chi connectivity index (χ1n) is 7.71. The Bertz CT molecular complexity index is 258. The van der Waals surface area contributed by atoms with Crippen molar-refractivity contribution in [1.82, 2.24) is 9.80 Å². The van der Waals surface area contributed by atoms with Crippen LogP contribution in [0.5, 0.6) is 0 Å². The Morgan fingerprint density at radius 1 is 1.22 bits per heavy atom. The van der Waals surface area contributed by atoms with Gasteiger partial charge in [0.1, 0.15) is 0 Å². The van der Waals surface area contributed by atoms with Gasteiger partial charge in [-0.05, 0) is 31.7 Å². The molecule has 2 N–H and O–H groups in total. The zero-order chi connectivity index (χ0) is 13.2. The highest BCUT2D eigenvalue weighted by atomic mass is 15.3. The molecule has 0 aromatic rings. The van der Waals surface area contributed by atoms with Gasteiger partial charge < -0.3 is 10.6 Å². The first-order chi connectivity index (χ1) is 8.57. The quantitative estimate of drug-likeness (QED) is 0.832. The number of nitrogens with zero attached hydrogens (tertiary/aromatic N) is 2. The molecule has 1 heterocycles. The molecule has 2 fully saturated rings. The van der Waals surface area contributed by atoms with E-state index in [0.29, 0.717) is 5.54 Å². The van der Waals surface area contributed by atoms with Crippen LogP contribution in [-0.2, 0) is 0 Å². The monoisotopic (exact) mass is 253 g/mol. The largest absolute Gasteiger partial charge is 0.329 e. The van der Waals surface area contributed by atoms with E-state index in [0.717, 1.165) is 18.4 Å². The lowest BCUT2D eigenvalue weighted by Gasteiger charge is -2.51. The minimum Gasteiger partial charge on any atom is -0.329 e. The average Bonchev–Trinajstić information content (AvgIpc) is 2.39. The summed E-state index contributed by atoms with van der Waals surface area (Å²) < 4.78 is 0. The highest BCUT2D eigenvalue weighted by Crippen LogP contribution is 2.39. The molecule has 1 saturated carbocycles. The zero-order valence-corrected chi connectivity index (χ0v) is 12.5. The molecule has 0 aromatic carbocycles. The summed E-state index contributed by atoms with van der Waals surface area (Å²) in [7, 11) is 2.23. The molecule has 1 aliphatic heterocycles. The smallest absolute Gasteiger partial charge is 0.0335 e. The maximum atomic E-state index is 6.21. The van der Waals surface area contributed by atoms with E-state index in [1.54, 1.807) is 0 Å². The van der Waals surface area contributed by atoms with Crippen LogP contribution in [0.3, 0.4) is 0 Å². The second-order valence-electron chi connectivity index (χ2n) is 6.82. The Hall–Kier alpha value is -0.120. The fourth-order valence-corrected chi connectivity index (χ4v) is 3.84. The molecule has 2 aliphatic rings. The van der Waals surface area contributed by atoms with Crippen molar-refractivity contribution >= 4 is 0 Å². The normalized spacial score (nSPS) is 36.2. The van der Waals surface area contributed by atoms with E-state index in [9.17, 15) is 0 Å². The van der Waals surface area contributed by atoms with E-state index in [4.69, 9.17) is 5.73 Å². The van der Waals surface area contributed by atoms with Crippen LogP contribution in [0.25, 0.3) is 0 Å². The fraction of sp³-hybridized carbons (Fsp3) is 1.00. The summed E-state index contributed by atoms with van der Waals surface area (Å²) in [5.41, 5.74) is 6.52. The van der Waals surface area contributed by atoms with Crippen LogP contribution in [0.15, 0.2) is 0 Å². The lowest BCUT2D eigenvalue weighted by molar-refractivity contribution is -0.00293. The second-order valence-corrected chi connectivity index (χ2v) is 6.82. The molecule has 3 heteroatoms. The number of nitrogens with two attached hydrogens (primary N) is 1. The standard InChI is InChI=1S/C15H31N3/c1-13(2)14-5-4-6-15(11-14,12-16)18-9-7-17(3)8-10-18/h13-14H,4-12,16H2,1-3H3. The summed E-state index contributed by atoms with van der Waals surface area (Å²) in [5, 5.41) is 0. The molecule has 2 rings (SSSR count). The second kappa shape index (κ2) is 5.89. The molecule has 2 atom stereocenters. The molecule has 0 bridgehead atoms. The summed E-state index contributed by atoms with van der Waals surface area (Å²) >= 11 is 0. The van der Waals surface area contributed by atoms with Gasteiger partial charge in [-0.2, -0.15) is 0 Å².